The van der Waals surface area contributed by atoms with Crippen molar-refractivity contribution < 1.29 is 22.0 Å². The number of amides is 1. The molecule has 0 saturated carbocycles. The van der Waals surface area contributed by atoms with E-state index in [1.165, 1.54) is 29.4 Å². The second kappa shape index (κ2) is 7.17. The van der Waals surface area contributed by atoms with Gasteiger partial charge in [0, 0.05) is 16.6 Å². The Labute approximate surface area is 150 Å². The summed E-state index contributed by atoms with van der Waals surface area (Å²) >= 11 is 6.00. The number of benzene rings is 1. The van der Waals surface area contributed by atoms with Crippen LogP contribution in [0.2, 0.25) is 5.02 Å². The van der Waals surface area contributed by atoms with Crippen LogP contribution in [-0.2, 0) is 27.6 Å². The van der Waals surface area contributed by atoms with E-state index in [0.717, 1.165) is 0 Å². The quantitative estimate of drug-likeness (QED) is 0.793. The van der Waals surface area contributed by atoms with E-state index < -0.39 is 21.7 Å². The number of carbonyl (C=O) groups excluding carboxylic acids is 1. The Morgan fingerprint density at radius 3 is 2.72 bits per heavy atom. The molecule has 0 N–H and O–H groups in total. The molecule has 25 heavy (non-hydrogen) atoms. The van der Waals surface area contributed by atoms with E-state index >= 15 is 0 Å². The van der Waals surface area contributed by atoms with Crippen LogP contribution >= 0.6 is 11.6 Å². The van der Waals surface area contributed by atoms with Gasteiger partial charge in [-0.2, -0.15) is 0 Å². The molecule has 1 saturated heterocycles. The Morgan fingerprint density at radius 1 is 1.32 bits per heavy atom. The smallest absolute Gasteiger partial charge is 0.227 e. The van der Waals surface area contributed by atoms with Crippen LogP contribution in [0.1, 0.15) is 17.7 Å². The highest BCUT2D eigenvalue weighted by atomic mass is 35.5. The normalized spacial score (nSPS) is 19.0. The molecule has 0 bridgehead atoms. The van der Waals surface area contributed by atoms with Crippen LogP contribution in [0, 0.1) is 5.82 Å². The fraction of sp³-hybridized carbons (Fsp3) is 0.353. The first-order valence-electron chi connectivity index (χ1n) is 7.81. The molecule has 3 rings (SSSR count). The first-order valence-corrected chi connectivity index (χ1v) is 10.0. The van der Waals surface area contributed by atoms with Gasteiger partial charge in [-0.05, 0) is 30.7 Å². The lowest BCUT2D eigenvalue weighted by Gasteiger charge is -2.27. The zero-order valence-electron chi connectivity index (χ0n) is 13.3. The molecule has 1 amide bonds. The zero-order chi connectivity index (χ0) is 18.0. The Morgan fingerprint density at radius 2 is 2.12 bits per heavy atom. The first kappa shape index (κ1) is 17.9. The molecule has 1 aromatic carbocycles. The molecule has 1 atom stereocenters. The summed E-state index contributed by atoms with van der Waals surface area (Å²) in [5.41, 5.74) is 0.111. The molecule has 1 aromatic heterocycles. The van der Waals surface area contributed by atoms with E-state index in [1.807, 2.05) is 0 Å². The highest BCUT2D eigenvalue weighted by Gasteiger charge is 2.35. The predicted molar refractivity (Wildman–Crippen MR) is 91.4 cm³/mol. The molecular formula is C17H17ClFNO4S. The number of furan rings is 1. The maximum absolute atomic E-state index is 14.0. The second-order valence-corrected chi connectivity index (χ2v) is 8.67. The summed E-state index contributed by atoms with van der Waals surface area (Å²) in [5, 5.41) is 0.172. The van der Waals surface area contributed by atoms with Gasteiger partial charge in [-0.25, -0.2) is 12.8 Å². The van der Waals surface area contributed by atoms with Gasteiger partial charge < -0.3 is 9.32 Å². The van der Waals surface area contributed by atoms with Gasteiger partial charge in [0.1, 0.15) is 11.6 Å². The van der Waals surface area contributed by atoms with Crippen molar-refractivity contribution in [2.24, 2.45) is 0 Å². The summed E-state index contributed by atoms with van der Waals surface area (Å²) in [7, 11) is -3.17. The minimum atomic E-state index is -3.17. The number of halogens is 2. The van der Waals surface area contributed by atoms with Gasteiger partial charge in [-0.1, -0.05) is 17.7 Å². The van der Waals surface area contributed by atoms with Crippen molar-refractivity contribution in [1.82, 2.24) is 4.90 Å². The van der Waals surface area contributed by atoms with Crippen molar-refractivity contribution in [1.29, 1.82) is 0 Å². The minimum Gasteiger partial charge on any atom is -0.467 e. The van der Waals surface area contributed by atoms with Crippen LogP contribution in [-0.4, -0.2) is 36.8 Å². The summed E-state index contributed by atoms with van der Waals surface area (Å²) in [6, 6.07) is 7.18. The fourth-order valence-electron chi connectivity index (χ4n) is 2.97. The Bertz CT molecular complexity index is 847. The Hall–Kier alpha value is -1.86. The van der Waals surface area contributed by atoms with E-state index in [4.69, 9.17) is 16.0 Å². The van der Waals surface area contributed by atoms with E-state index in [9.17, 15) is 17.6 Å². The topological polar surface area (TPSA) is 67.6 Å². The zero-order valence-corrected chi connectivity index (χ0v) is 14.9. The van der Waals surface area contributed by atoms with Crippen LogP contribution in [0.25, 0.3) is 0 Å². The lowest BCUT2D eigenvalue weighted by Crippen LogP contribution is -2.41. The highest BCUT2D eigenvalue weighted by Crippen LogP contribution is 2.24. The number of sulfone groups is 1. The summed E-state index contributed by atoms with van der Waals surface area (Å²) in [5.74, 6) is -0.453. The standard InChI is InChI=1S/C17H17ClFNO4S/c18-15-4-1-5-16(19)14(15)9-17(21)20(10-13-3-2-7-24-13)12-6-8-25(22,23)11-12/h1-5,7,12H,6,8-11H2/t12-/m1/s1. The number of hydrogen-bond acceptors (Lipinski definition) is 4. The number of rotatable bonds is 5. The van der Waals surface area contributed by atoms with Gasteiger partial charge >= 0.3 is 0 Å². The molecule has 1 aliphatic rings. The average Bonchev–Trinajstić information content (AvgIpc) is 3.17. The molecular weight excluding hydrogens is 369 g/mol. The SMILES string of the molecule is O=C(Cc1c(F)cccc1Cl)N(Cc1ccco1)[C@@H]1CCS(=O)(=O)C1. The van der Waals surface area contributed by atoms with E-state index in [2.05, 4.69) is 0 Å². The third-order valence-corrected chi connectivity index (χ3v) is 6.37. The molecule has 2 heterocycles. The van der Waals surface area contributed by atoms with Gasteiger partial charge in [0.2, 0.25) is 5.91 Å². The summed E-state index contributed by atoms with van der Waals surface area (Å²) < 4.78 is 42.9. The van der Waals surface area contributed by atoms with Crippen molar-refractivity contribution in [2.75, 3.05) is 11.5 Å². The number of nitrogens with zero attached hydrogens (tertiary/aromatic N) is 1. The minimum absolute atomic E-state index is 0.0417. The van der Waals surface area contributed by atoms with Crippen molar-refractivity contribution >= 4 is 27.3 Å². The number of hydrogen-bond donors (Lipinski definition) is 0. The summed E-state index contributed by atoms with van der Waals surface area (Å²) in [6.07, 6.45) is 1.61. The first-order chi connectivity index (χ1) is 11.9. The molecule has 0 radical (unpaired) electrons. The Balaban J connectivity index is 1.84. The highest BCUT2D eigenvalue weighted by molar-refractivity contribution is 7.91. The van der Waals surface area contributed by atoms with Crippen LogP contribution in [0.15, 0.2) is 41.0 Å². The van der Waals surface area contributed by atoms with Crippen molar-refractivity contribution in [3.05, 3.63) is 58.8 Å². The van der Waals surface area contributed by atoms with E-state index in [0.29, 0.717) is 12.2 Å². The maximum atomic E-state index is 14.0. The molecule has 5 nitrogen and oxygen atoms in total. The fourth-order valence-corrected chi connectivity index (χ4v) is 4.93. The van der Waals surface area contributed by atoms with Crippen LogP contribution in [0.4, 0.5) is 4.39 Å². The molecule has 1 aliphatic heterocycles. The third-order valence-electron chi connectivity index (χ3n) is 4.27. The van der Waals surface area contributed by atoms with Crippen molar-refractivity contribution in [3.63, 3.8) is 0 Å². The largest absolute Gasteiger partial charge is 0.467 e. The van der Waals surface area contributed by atoms with Crippen LogP contribution in [0.3, 0.4) is 0 Å². The van der Waals surface area contributed by atoms with E-state index in [1.54, 1.807) is 12.1 Å². The lowest BCUT2D eigenvalue weighted by molar-refractivity contribution is -0.133. The predicted octanol–water partition coefficient (Wildman–Crippen LogP) is 2.83. The third kappa shape index (κ3) is 4.22. The van der Waals surface area contributed by atoms with Crippen molar-refractivity contribution in [3.8, 4) is 0 Å². The second-order valence-electron chi connectivity index (χ2n) is 6.03. The van der Waals surface area contributed by atoms with Gasteiger partial charge in [0.15, 0.2) is 9.84 Å². The van der Waals surface area contributed by atoms with E-state index in [-0.39, 0.29) is 41.0 Å². The van der Waals surface area contributed by atoms with Gasteiger partial charge in [0.25, 0.3) is 0 Å². The van der Waals surface area contributed by atoms with Gasteiger partial charge in [0.05, 0.1) is 30.7 Å². The Kier molecular flexibility index (Phi) is 5.15. The lowest BCUT2D eigenvalue weighted by atomic mass is 10.1. The van der Waals surface area contributed by atoms with Crippen LogP contribution < -0.4 is 0 Å². The molecule has 134 valence electrons. The molecule has 0 unspecified atom stereocenters. The summed E-state index contributed by atoms with van der Waals surface area (Å²) in [6.45, 7) is 0.137. The van der Waals surface area contributed by atoms with Crippen molar-refractivity contribution in [2.45, 2.75) is 25.4 Å². The average molecular weight is 386 g/mol. The molecule has 1 fully saturated rings. The maximum Gasteiger partial charge on any atom is 0.227 e. The monoisotopic (exact) mass is 385 g/mol. The molecule has 0 aliphatic carbocycles. The van der Waals surface area contributed by atoms with Crippen LogP contribution in [0.5, 0.6) is 0 Å². The summed E-state index contributed by atoms with van der Waals surface area (Å²) in [4.78, 5) is 14.3. The number of carbonyl (C=O) groups is 1. The molecule has 8 heteroatoms. The van der Waals surface area contributed by atoms with Gasteiger partial charge in [-0.15, -0.1) is 0 Å². The molecule has 0 spiro atoms. The molecule has 2 aromatic rings. The van der Waals surface area contributed by atoms with Gasteiger partial charge in [-0.3, -0.25) is 4.79 Å².